The molecule has 0 radical (unpaired) electrons. The van der Waals surface area contributed by atoms with Gasteiger partial charge in [-0.2, -0.15) is 0 Å². The average molecular weight is 599 g/mol. The van der Waals surface area contributed by atoms with Crippen molar-refractivity contribution >= 4 is 17.5 Å². The van der Waals surface area contributed by atoms with Crippen molar-refractivity contribution in [2.45, 2.75) is 94.3 Å². The number of nitrogens with one attached hydrogen (secondary N) is 1. The van der Waals surface area contributed by atoms with Crippen LogP contribution in [-0.4, -0.2) is 121 Å². The van der Waals surface area contributed by atoms with E-state index in [9.17, 15) is 14.4 Å². The SMILES string of the molecule is O=C1C2CCCCC2C2CC3C(CC12)OC1C(NCCN2CCCC2)C(F)CC2C(=O)C(C(=O)N4CCOCC4)=CN3C21. The molecule has 8 rings (SSSR count). The second kappa shape index (κ2) is 11.5. The van der Waals surface area contributed by atoms with Crippen molar-refractivity contribution in [3.63, 3.8) is 0 Å². The maximum atomic E-state index is 16.2. The zero-order chi connectivity index (χ0) is 29.2. The molecule has 4 aliphatic heterocycles. The van der Waals surface area contributed by atoms with Crippen LogP contribution in [0, 0.1) is 29.6 Å². The van der Waals surface area contributed by atoms with E-state index in [4.69, 9.17) is 9.47 Å². The third-order valence-corrected chi connectivity index (χ3v) is 12.5. The number of fused-ring (bicyclic) bond motifs is 5. The van der Waals surface area contributed by atoms with E-state index in [1.807, 2.05) is 6.20 Å². The molecule has 4 heterocycles. The van der Waals surface area contributed by atoms with Crippen molar-refractivity contribution in [3.05, 3.63) is 11.8 Å². The minimum absolute atomic E-state index is 0.0119. The summed E-state index contributed by atoms with van der Waals surface area (Å²) in [4.78, 5) is 47.8. The Morgan fingerprint density at radius 2 is 1.72 bits per heavy atom. The Bertz CT molecular complexity index is 1150. The third-order valence-electron chi connectivity index (χ3n) is 12.5. The van der Waals surface area contributed by atoms with E-state index in [1.165, 1.54) is 19.3 Å². The van der Waals surface area contributed by atoms with Gasteiger partial charge in [-0.05, 0) is 69.9 Å². The molecule has 1 N–H and O–H groups in total. The number of Topliss-reactive ketones (excluding diaryl/α,β-unsaturated/α-hetero) is 2. The van der Waals surface area contributed by atoms with E-state index in [2.05, 4.69) is 15.1 Å². The molecule has 11 unspecified atom stereocenters. The summed E-state index contributed by atoms with van der Waals surface area (Å²) in [7, 11) is 0. The highest BCUT2D eigenvalue weighted by Crippen LogP contribution is 2.56. The molecule has 236 valence electrons. The van der Waals surface area contributed by atoms with Crippen LogP contribution in [0.4, 0.5) is 4.39 Å². The molecule has 10 heteroatoms. The molecule has 8 aliphatic rings. The van der Waals surface area contributed by atoms with E-state index in [0.717, 1.165) is 45.3 Å². The third kappa shape index (κ3) is 4.81. The molecule has 0 spiro atoms. The lowest BCUT2D eigenvalue weighted by Crippen LogP contribution is -2.73. The van der Waals surface area contributed by atoms with Gasteiger partial charge in [0.2, 0.25) is 0 Å². The number of carbonyl (C=O) groups is 3. The van der Waals surface area contributed by atoms with Crippen molar-refractivity contribution in [1.82, 2.24) is 20.0 Å². The normalized spacial score (nSPS) is 44.4. The van der Waals surface area contributed by atoms with E-state index in [1.54, 1.807) is 4.90 Å². The number of alkyl halides is 1. The molecule has 43 heavy (non-hydrogen) atoms. The van der Waals surface area contributed by atoms with Gasteiger partial charge in [0.25, 0.3) is 5.91 Å². The van der Waals surface area contributed by atoms with Gasteiger partial charge >= 0.3 is 0 Å². The second-order valence-corrected chi connectivity index (χ2v) is 14.5. The first-order chi connectivity index (χ1) is 21.0. The maximum absolute atomic E-state index is 16.2. The van der Waals surface area contributed by atoms with Gasteiger partial charge in [0, 0.05) is 50.1 Å². The van der Waals surface area contributed by atoms with Crippen molar-refractivity contribution in [2.75, 3.05) is 52.5 Å². The number of ether oxygens (including phenoxy) is 2. The molecule has 7 fully saturated rings. The van der Waals surface area contributed by atoms with Crippen molar-refractivity contribution in [1.29, 1.82) is 0 Å². The van der Waals surface area contributed by atoms with Crippen LogP contribution in [0.1, 0.15) is 57.8 Å². The molecule has 11 atom stereocenters. The summed E-state index contributed by atoms with van der Waals surface area (Å²) in [6.07, 6.45) is 8.33. The van der Waals surface area contributed by atoms with Crippen molar-refractivity contribution in [3.8, 4) is 0 Å². The molecular formula is C33H47FN4O5. The molecule has 0 aromatic heterocycles. The molecule has 3 saturated heterocycles. The zero-order valence-electron chi connectivity index (χ0n) is 25.2. The minimum Gasteiger partial charge on any atom is -0.378 e. The van der Waals surface area contributed by atoms with Crippen molar-refractivity contribution in [2.24, 2.45) is 29.6 Å². The number of halogens is 1. The summed E-state index contributed by atoms with van der Waals surface area (Å²) in [5.41, 5.74) is 0.190. The van der Waals surface area contributed by atoms with Gasteiger partial charge in [-0.3, -0.25) is 14.4 Å². The number of morpholine rings is 2. The first-order valence-electron chi connectivity index (χ1n) is 17.2. The highest BCUT2D eigenvalue weighted by atomic mass is 19.1. The summed E-state index contributed by atoms with van der Waals surface area (Å²) in [6, 6.07) is -0.841. The topological polar surface area (TPSA) is 91.4 Å². The number of amides is 1. The summed E-state index contributed by atoms with van der Waals surface area (Å²) < 4.78 is 28.5. The van der Waals surface area contributed by atoms with E-state index < -0.39 is 24.2 Å². The number of ketones is 2. The molecule has 4 saturated carbocycles. The predicted octanol–water partition coefficient (Wildman–Crippen LogP) is 1.95. The predicted molar refractivity (Wildman–Crippen MR) is 156 cm³/mol. The van der Waals surface area contributed by atoms with Crippen LogP contribution in [0.25, 0.3) is 0 Å². The number of rotatable bonds is 5. The van der Waals surface area contributed by atoms with Crippen molar-refractivity contribution < 1.29 is 28.2 Å². The van der Waals surface area contributed by atoms with Gasteiger partial charge in [0.1, 0.15) is 12.0 Å². The number of likely N-dealkylation sites (tertiary alicyclic amines) is 1. The Balaban J connectivity index is 1.11. The van der Waals surface area contributed by atoms with Gasteiger partial charge < -0.3 is 29.5 Å². The number of hydrogen-bond acceptors (Lipinski definition) is 8. The van der Waals surface area contributed by atoms with Crippen LogP contribution in [0.3, 0.4) is 0 Å². The van der Waals surface area contributed by atoms with Gasteiger partial charge in [0.05, 0.1) is 49.1 Å². The molecule has 0 bridgehead atoms. The molecule has 0 aromatic carbocycles. The first-order valence-corrected chi connectivity index (χ1v) is 17.2. The first kappa shape index (κ1) is 28.6. The van der Waals surface area contributed by atoms with Gasteiger partial charge in [-0.15, -0.1) is 0 Å². The summed E-state index contributed by atoms with van der Waals surface area (Å²) in [5, 5.41) is 3.52. The highest BCUT2D eigenvalue weighted by Gasteiger charge is 2.62. The average Bonchev–Trinajstić information content (AvgIpc) is 3.65. The maximum Gasteiger partial charge on any atom is 0.259 e. The van der Waals surface area contributed by atoms with Crippen LogP contribution in [0.5, 0.6) is 0 Å². The van der Waals surface area contributed by atoms with Crippen LogP contribution in [-0.2, 0) is 23.9 Å². The van der Waals surface area contributed by atoms with Crippen LogP contribution in [0.2, 0.25) is 0 Å². The molecular weight excluding hydrogens is 551 g/mol. The van der Waals surface area contributed by atoms with Gasteiger partial charge in [0.15, 0.2) is 5.78 Å². The van der Waals surface area contributed by atoms with Crippen LogP contribution >= 0.6 is 0 Å². The Kier molecular flexibility index (Phi) is 7.63. The summed E-state index contributed by atoms with van der Waals surface area (Å²) in [6.45, 7) is 5.56. The zero-order valence-corrected chi connectivity index (χ0v) is 25.2. The summed E-state index contributed by atoms with van der Waals surface area (Å²) in [5.74, 6) is 0.263. The fourth-order valence-electron chi connectivity index (χ4n) is 10.5. The monoisotopic (exact) mass is 598 g/mol. The quantitative estimate of drug-likeness (QED) is 0.481. The summed E-state index contributed by atoms with van der Waals surface area (Å²) >= 11 is 0. The van der Waals surface area contributed by atoms with Crippen LogP contribution in [0.15, 0.2) is 11.8 Å². The smallest absolute Gasteiger partial charge is 0.259 e. The van der Waals surface area contributed by atoms with E-state index in [-0.39, 0.29) is 53.7 Å². The molecule has 9 nitrogen and oxygen atoms in total. The van der Waals surface area contributed by atoms with Gasteiger partial charge in [-0.25, -0.2) is 4.39 Å². The Morgan fingerprint density at radius 3 is 2.53 bits per heavy atom. The van der Waals surface area contributed by atoms with Gasteiger partial charge in [-0.1, -0.05) is 12.8 Å². The standard InChI is InChI=1S/C33H47FN4O5/c34-25-15-23-29-32(28(25)35-7-10-36-8-3-4-9-36)43-27-17-22-21(19-5-1-2-6-20(19)30(22)39)16-26(27)38(29)18-24(31(23)40)33(41)37-11-13-42-14-12-37/h18-23,25-29,32,35H,1-17H2. The number of nitrogens with zero attached hydrogens (tertiary/aromatic N) is 3. The fourth-order valence-corrected chi connectivity index (χ4v) is 10.5. The Morgan fingerprint density at radius 1 is 0.930 bits per heavy atom. The van der Waals surface area contributed by atoms with E-state index >= 15 is 4.39 Å². The van der Waals surface area contributed by atoms with Crippen LogP contribution < -0.4 is 5.32 Å². The largest absolute Gasteiger partial charge is 0.378 e. The minimum atomic E-state index is -1.25. The number of hydrogen-bond donors (Lipinski definition) is 1. The lowest BCUT2D eigenvalue weighted by atomic mass is 9.66. The molecule has 4 aliphatic carbocycles. The second-order valence-electron chi connectivity index (χ2n) is 14.5. The Hall–Kier alpha value is -1.88. The highest BCUT2D eigenvalue weighted by molar-refractivity contribution is 6.20. The molecule has 0 aromatic rings. The number of carbonyl (C=O) groups excluding carboxylic acids is 3. The molecule has 1 amide bonds. The van der Waals surface area contributed by atoms with E-state index in [0.29, 0.717) is 56.9 Å². The lowest BCUT2D eigenvalue weighted by molar-refractivity contribution is -0.206. The lowest BCUT2D eigenvalue weighted by Gasteiger charge is -2.60. The fraction of sp³-hybridized carbons (Fsp3) is 0.848. The Labute approximate surface area is 253 Å².